The number of carbonyl (C=O) groups is 1. The highest BCUT2D eigenvalue weighted by molar-refractivity contribution is 6.07. The number of nitrogens with one attached hydrogen (secondary N) is 1. The monoisotopic (exact) mass is 286 g/mol. The molecule has 0 aromatic heterocycles. The molecule has 0 saturated carbocycles. The summed E-state index contributed by atoms with van der Waals surface area (Å²) in [5.74, 6) is -0.345. The van der Waals surface area contributed by atoms with Crippen molar-refractivity contribution in [3.63, 3.8) is 0 Å². The molecule has 1 unspecified atom stereocenters. The van der Waals surface area contributed by atoms with E-state index in [4.69, 9.17) is 0 Å². The van der Waals surface area contributed by atoms with Crippen molar-refractivity contribution in [1.82, 2.24) is 10.2 Å². The van der Waals surface area contributed by atoms with Gasteiger partial charge in [0.2, 0.25) is 0 Å². The lowest BCUT2D eigenvalue weighted by molar-refractivity contribution is 0.0786. The summed E-state index contributed by atoms with van der Waals surface area (Å²) in [6.07, 6.45) is 2.26. The number of likely N-dealkylation sites (N-methyl/N-ethyl adjacent to an activating group) is 1. The van der Waals surface area contributed by atoms with E-state index in [1.807, 2.05) is 6.07 Å². The summed E-state index contributed by atoms with van der Waals surface area (Å²) in [4.78, 5) is 14.4. The van der Waals surface area contributed by atoms with Crippen molar-refractivity contribution in [2.45, 2.75) is 18.9 Å². The second-order valence-electron chi connectivity index (χ2n) is 5.62. The minimum absolute atomic E-state index is 0.0556. The number of hydrogen-bond acceptors (Lipinski definition) is 2. The molecule has 0 spiro atoms. The van der Waals surface area contributed by atoms with Gasteiger partial charge in [0.15, 0.2) is 0 Å². The van der Waals surface area contributed by atoms with Crippen LogP contribution in [0.15, 0.2) is 36.4 Å². The van der Waals surface area contributed by atoms with E-state index in [0.717, 1.165) is 19.4 Å². The second kappa shape index (κ2) is 5.82. The van der Waals surface area contributed by atoms with Crippen LogP contribution in [-0.2, 0) is 0 Å². The van der Waals surface area contributed by atoms with Crippen LogP contribution in [-0.4, -0.2) is 37.0 Å². The van der Waals surface area contributed by atoms with Gasteiger partial charge >= 0.3 is 0 Å². The Hall–Kier alpha value is -1.94. The summed E-state index contributed by atoms with van der Waals surface area (Å²) in [7, 11) is 1.81. The maximum atomic E-state index is 13.8. The van der Waals surface area contributed by atoms with Crippen LogP contribution in [0.5, 0.6) is 0 Å². The number of benzene rings is 2. The smallest absolute Gasteiger partial charge is 0.254 e. The predicted octanol–water partition coefficient (Wildman–Crippen LogP) is 2.80. The first-order valence-corrected chi connectivity index (χ1v) is 7.33. The number of halogens is 1. The summed E-state index contributed by atoms with van der Waals surface area (Å²) >= 11 is 0. The molecule has 1 amide bonds. The third kappa shape index (κ3) is 2.76. The van der Waals surface area contributed by atoms with Crippen molar-refractivity contribution in [2.24, 2.45) is 0 Å². The molecule has 0 bridgehead atoms. The van der Waals surface area contributed by atoms with Gasteiger partial charge in [-0.25, -0.2) is 4.39 Å². The van der Waals surface area contributed by atoms with Crippen molar-refractivity contribution in [2.75, 3.05) is 20.1 Å². The first-order chi connectivity index (χ1) is 10.2. The van der Waals surface area contributed by atoms with E-state index >= 15 is 0 Å². The van der Waals surface area contributed by atoms with Crippen LogP contribution in [0, 0.1) is 5.82 Å². The molecule has 1 N–H and O–H groups in total. The Morgan fingerprint density at radius 2 is 2.05 bits per heavy atom. The minimum atomic E-state index is -0.290. The summed E-state index contributed by atoms with van der Waals surface area (Å²) in [5.41, 5.74) is 0.562. The Labute approximate surface area is 123 Å². The van der Waals surface area contributed by atoms with Crippen molar-refractivity contribution in [3.05, 3.63) is 47.8 Å². The number of hydrogen-bond donors (Lipinski definition) is 1. The Morgan fingerprint density at radius 1 is 1.29 bits per heavy atom. The van der Waals surface area contributed by atoms with Crippen molar-refractivity contribution >= 4 is 16.7 Å². The third-order valence-electron chi connectivity index (χ3n) is 4.10. The maximum absolute atomic E-state index is 13.8. The van der Waals surface area contributed by atoms with Crippen LogP contribution in [0.1, 0.15) is 23.2 Å². The van der Waals surface area contributed by atoms with Crippen LogP contribution in [0.2, 0.25) is 0 Å². The molecule has 3 nitrogen and oxygen atoms in total. The van der Waals surface area contributed by atoms with E-state index in [1.54, 1.807) is 36.2 Å². The molecule has 110 valence electrons. The van der Waals surface area contributed by atoms with Crippen molar-refractivity contribution in [3.8, 4) is 0 Å². The maximum Gasteiger partial charge on any atom is 0.254 e. The first-order valence-electron chi connectivity index (χ1n) is 7.33. The fourth-order valence-corrected chi connectivity index (χ4v) is 2.98. The van der Waals surface area contributed by atoms with Crippen LogP contribution >= 0.6 is 0 Å². The molecule has 2 aromatic carbocycles. The summed E-state index contributed by atoms with van der Waals surface area (Å²) in [6.45, 7) is 1.71. The quantitative estimate of drug-likeness (QED) is 0.941. The van der Waals surface area contributed by atoms with Crippen LogP contribution in [0.3, 0.4) is 0 Å². The van der Waals surface area contributed by atoms with Gasteiger partial charge in [-0.05, 0) is 36.9 Å². The van der Waals surface area contributed by atoms with E-state index in [1.165, 1.54) is 6.07 Å². The zero-order chi connectivity index (χ0) is 14.8. The van der Waals surface area contributed by atoms with Crippen LogP contribution in [0.4, 0.5) is 4.39 Å². The van der Waals surface area contributed by atoms with Crippen LogP contribution < -0.4 is 5.32 Å². The lowest BCUT2D eigenvalue weighted by Gasteiger charge is -2.22. The molecule has 0 aliphatic carbocycles. The number of amides is 1. The molecule has 1 saturated heterocycles. The number of carbonyl (C=O) groups excluding carboxylic acids is 1. The molecule has 4 heteroatoms. The minimum Gasteiger partial charge on any atom is -0.340 e. The number of fused-ring (bicyclic) bond motifs is 1. The normalized spacial score (nSPS) is 18.1. The molecule has 1 heterocycles. The summed E-state index contributed by atoms with van der Waals surface area (Å²) in [6, 6.07) is 10.4. The fraction of sp³-hybridized carbons (Fsp3) is 0.353. The van der Waals surface area contributed by atoms with Crippen LogP contribution in [0.25, 0.3) is 10.8 Å². The Kier molecular flexibility index (Phi) is 3.88. The van der Waals surface area contributed by atoms with E-state index < -0.39 is 0 Å². The Morgan fingerprint density at radius 3 is 2.76 bits per heavy atom. The molecular weight excluding hydrogens is 267 g/mol. The highest BCUT2D eigenvalue weighted by Gasteiger charge is 2.21. The average Bonchev–Trinajstić information content (AvgIpc) is 3.00. The average molecular weight is 286 g/mol. The molecule has 1 aliphatic rings. The van der Waals surface area contributed by atoms with Gasteiger partial charge in [0.25, 0.3) is 5.91 Å². The lowest BCUT2D eigenvalue weighted by Crippen LogP contribution is -2.38. The zero-order valence-electron chi connectivity index (χ0n) is 12.1. The van der Waals surface area contributed by atoms with E-state index in [0.29, 0.717) is 28.9 Å². The van der Waals surface area contributed by atoms with Gasteiger partial charge in [-0.1, -0.05) is 24.3 Å². The largest absolute Gasteiger partial charge is 0.340 e. The molecule has 1 atom stereocenters. The van der Waals surface area contributed by atoms with Gasteiger partial charge in [-0.2, -0.15) is 0 Å². The number of rotatable bonds is 3. The topological polar surface area (TPSA) is 32.3 Å². The highest BCUT2D eigenvalue weighted by atomic mass is 19.1. The van der Waals surface area contributed by atoms with Gasteiger partial charge in [0.1, 0.15) is 5.82 Å². The van der Waals surface area contributed by atoms with Gasteiger partial charge in [-0.15, -0.1) is 0 Å². The zero-order valence-corrected chi connectivity index (χ0v) is 12.1. The van der Waals surface area contributed by atoms with Crippen molar-refractivity contribution < 1.29 is 9.18 Å². The second-order valence-corrected chi connectivity index (χ2v) is 5.62. The lowest BCUT2D eigenvalue weighted by atomic mass is 10.0. The van der Waals surface area contributed by atoms with E-state index in [-0.39, 0.29) is 11.7 Å². The molecule has 2 aromatic rings. The van der Waals surface area contributed by atoms with Crippen molar-refractivity contribution in [1.29, 1.82) is 0 Å². The molecular formula is C17H19FN2O. The van der Waals surface area contributed by atoms with Gasteiger partial charge < -0.3 is 10.2 Å². The molecule has 3 rings (SSSR count). The van der Waals surface area contributed by atoms with Gasteiger partial charge in [-0.3, -0.25) is 4.79 Å². The molecule has 0 radical (unpaired) electrons. The van der Waals surface area contributed by atoms with E-state index in [2.05, 4.69) is 5.32 Å². The van der Waals surface area contributed by atoms with Gasteiger partial charge in [0.05, 0.1) is 0 Å². The van der Waals surface area contributed by atoms with Gasteiger partial charge in [0, 0.05) is 30.6 Å². The highest BCUT2D eigenvalue weighted by Crippen LogP contribution is 2.23. The summed E-state index contributed by atoms with van der Waals surface area (Å²) < 4.78 is 13.8. The summed E-state index contributed by atoms with van der Waals surface area (Å²) in [5, 5.41) is 4.56. The van der Waals surface area contributed by atoms with E-state index in [9.17, 15) is 9.18 Å². The molecule has 1 aliphatic heterocycles. The predicted molar refractivity (Wildman–Crippen MR) is 81.9 cm³/mol. The fourth-order valence-electron chi connectivity index (χ4n) is 2.98. The number of nitrogens with zero attached hydrogens (tertiary/aromatic N) is 1. The Bertz CT molecular complexity index is 665. The molecule has 1 fully saturated rings. The standard InChI is InChI=1S/C17H19FN2O/c1-20(11-12-5-4-10-19-12)17(21)15-8-9-16(18)14-7-3-2-6-13(14)15/h2-3,6-9,12,19H,4-5,10-11H2,1H3. The SMILES string of the molecule is CN(CC1CCCN1)C(=O)c1ccc(F)c2ccccc12. The third-order valence-corrected chi connectivity index (χ3v) is 4.10. The first kappa shape index (κ1) is 14.0. The Balaban J connectivity index is 1.88. The molecule has 21 heavy (non-hydrogen) atoms.